The van der Waals surface area contributed by atoms with Crippen molar-refractivity contribution in [2.75, 3.05) is 0 Å². The third kappa shape index (κ3) is 17.1. The van der Waals surface area contributed by atoms with Crippen molar-refractivity contribution in [1.29, 1.82) is 0 Å². The van der Waals surface area contributed by atoms with Crippen LogP contribution in [0.5, 0.6) is 0 Å². The molecule has 0 radical (unpaired) electrons. The molecule has 0 saturated heterocycles. The molecule has 26 heavy (non-hydrogen) atoms. The summed E-state index contributed by atoms with van der Waals surface area (Å²) in [4.78, 5) is 0. The fraction of sp³-hybridized carbons (Fsp3) is 0.800. The molecule has 0 fully saturated rings. The predicted octanol–water partition coefficient (Wildman–Crippen LogP) is 5.53. The molecule has 0 bridgehead atoms. The monoisotopic (exact) mass is 366 g/mol. The highest BCUT2D eigenvalue weighted by Crippen LogP contribution is 2.17. The molecule has 0 aromatic carbocycles. The van der Waals surface area contributed by atoms with Crippen molar-refractivity contribution < 1.29 is 0 Å². The molecule has 2 rings (SSSR count). The highest BCUT2D eigenvalue weighted by molar-refractivity contribution is 5.05. The average Bonchev–Trinajstić information content (AvgIpc) is 3.11. The number of hydrogen-bond acceptors (Lipinski definition) is 4. The minimum Gasteiger partial charge on any atom is -0.198 e. The van der Waals surface area contributed by atoms with E-state index in [9.17, 15) is 0 Å². The lowest BCUT2D eigenvalue weighted by molar-refractivity contribution is 0.566. The Kier molecular flexibility index (Phi) is 12.9. The van der Waals surface area contributed by atoms with Crippen molar-refractivity contribution in [3.63, 3.8) is 0 Å². The molecule has 152 valence electrons. The summed E-state index contributed by atoms with van der Waals surface area (Å²) >= 11 is 0. The van der Waals surface area contributed by atoms with E-state index in [1.807, 2.05) is 0 Å². The van der Waals surface area contributed by atoms with Gasteiger partial charge in [-0.3, -0.25) is 0 Å². The Hall–Kier alpha value is -1.72. The molecule has 0 amide bonds. The maximum absolute atomic E-state index is 3.95. The van der Waals surface area contributed by atoms with Crippen LogP contribution in [0.2, 0.25) is 0 Å². The second kappa shape index (κ2) is 12.6. The molecule has 6 nitrogen and oxygen atoms in total. The Morgan fingerprint density at radius 1 is 0.615 bits per heavy atom. The van der Waals surface area contributed by atoms with E-state index < -0.39 is 0 Å². The zero-order chi connectivity index (χ0) is 21.0. The number of aromatic nitrogens is 6. The molecule has 2 heterocycles. The first-order valence-electron chi connectivity index (χ1n) is 9.40. The van der Waals surface area contributed by atoms with E-state index in [4.69, 9.17) is 0 Å². The molecule has 0 unspecified atom stereocenters. The van der Waals surface area contributed by atoms with Crippen molar-refractivity contribution in [3.8, 4) is 0 Å². The molecular formula is C20H42N6. The molecular weight excluding hydrogens is 324 g/mol. The Morgan fingerprint density at radius 2 is 0.846 bits per heavy atom. The van der Waals surface area contributed by atoms with Gasteiger partial charge in [0.2, 0.25) is 0 Å². The van der Waals surface area contributed by atoms with Gasteiger partial charge in [0.1, 0.15) is 0 Å². The summed E-state index contributed by atoms with van der Waals surface area (Å²) in [5, 5.41) is 20.5. The first kappa shape index (κ1) is 26.5. The van der Waals surface area contributed by atoms with Crippen LogP contribution in [0.4, 0.5) is 0 Å². The zero-order valence-corrected chi connectivity index (χ0v) is 19.1. The lowest BCUT2D eigenvalue weighted by Crippen LogP contribution is -2.11. The molecule has 2 aromatic rings. The minimum atomic E-state index is 0.118. The van der Waals surface area contributed by atoms with Crippen LogP contribution in [0.1, 0.15) is 94.5 Å². The lowest BCUT2D eigenvalue weighted by Gasteiger charge is -2.12. The van der Waals surface area contributed by atoms with E-state index in [1.165, 1.54) is 0 Å². The lowest BCUT2D eigenvalue weighted by atomic mass is 9.93. The molecule has 0 aliphatic carbocycles. The van der Waals surface area contributed by atoms with Gasteiger partial charge in [-0.1, -0.05) is 83.1 Å². The number of aromatic amines is 2. The van der Waals surface area contributed by atoms with E-state index in [2.05, 4.69) is 114 Å². The van der Waals surface area contributed by atoms with Crippen LogP contribution in [0.3, 0.4) is 0 Å². The zero-order valence-electron chi connectivity index (χ0n) is 19.1. The Balaban J connectivity index is 0. The molecule has 0 aliphatic rings. The van der Waals surface area contributed by atoms with Crippen molar-refractivity contribution >= 4 is 0 Å². The topological polar surface area (TPSA) is 83.1 Å². The van der Waals surface area contributed by atoms with Gasteiger partial charge in [-0.25, -0.2) is 0 Å². The van der Waals surface area contributed by atoms with Crippen LogP contribution in [0.25, 0.3) is 0 Å². The van der Waals surface area contributed by atoms with E-state index in [0.29, 0.717) is 0 Å². The fourth-order valence-electron chi connectivity index (χ4n) is 1.13. The van der Waals surface area contributed by atoms with Gasteiger partial charge in [-0.05, 0) is 11.8 Å². The third-order valence-corrected chi connectivity index (χ3v) is 2.37. The van der Waals surface area contributed by atoms with E-state index >= 15 is 0 Å². The third-order valence-electron chi connectivity index (χ3n) is 2.37. The molecule has 0 aliphatic heterocycles. The normalized spacial score (nSPS) is 11.0. The van der Waals surface area contributed by atoms with Crippen LogP contribution < -0.4 is 0 Å². The van der Waals surface area contributed by atoms with Gasteiger partial charge in [-0.2, -0.15) is 30.8 Å². The van der Waals surface area contributed by atoms with Crippen molar-refractivity contribution in [1.82, 2.24) is 30.8 Å². The summed E-state index contributed by atoms with van der Waals surface area (Å²) in [6, 6.07) is 0. The van der Waals surface area contributed by atoms with Gasteiger partial charge in [0.05, 0.1) is 23.8 Å². The summed E-state index contributed by atoms with van der Waals surface area (Å²) in [6.07, 6.45) is 3.50. The second-order valence-corrected chi connectivity index (χ2v) is 9.67. The minimum absolute atomic E-state index is 0.118. The van der Waals surface area contributed by atoms with Crippen LogP contribution >= 0.6 is 0 Å². The molecule has 2 aromatic heterocycles. The predicted molar refractivity (Wildman–Crippen MR) is 111 cm³/mol. The molecule has 0 spiro atoms. The van der Waals surface area contributed by atoms with Gasteiger partial charge in [0.25, 0.3) is 0 Å². The number of rotatable bonds is 0. The largest absolute Gasteiger partial charge is 0.198 e. The number of nitrogens with one attached hydrogen (secondary N) is 2. The summed E-state index contributed by atoms with van der Waals surface area (Å²) in [5.41, 5.74) is 2.24. The van der Waals surface area contributed by atoms with Gasteiger partial charge >= 0.3 is 0 Å². The van der Waals surface area contributed by atoms with Gasteiger partial charge in [0, 0.05) is 10.8 Å². The number of nitrogens with zero attached hydrogens (tertiary/aromatic N) is 4. The second-order valence-electron chi connectivity index (χ2n) is 9.67. The van der Waals surface area contributed by atoms with Crippen molar-refractivity contribution in [2.45, 2.75) is 93.9 Å². The highest BCUT2D eigenvalue weighted by atomic mass is 15.3. The van der Waals surface area contributed by atoms with Crippen LogP contribution in [-0.4, -0.2) is 30.8 Å². The Bertz CT molecular complexity index is 458. The van der Waals surface area contributed by atoms with Gasteiger partial charge < -0.3 is 0 Å². The quantitative estimate of drug-likeness (QED) is 0.642. The average molecular weight is 367 g/mol. The van der Waals surface area contributed by atoms with Crippen molar-refractivity contribution in [3.05, 3.63) is 23.8 Å². The summed E-state index contributed by atoms with van der Waals surface area (Å²) in [6.45, 7) is 25.6. The van der Waals surface area contributed by atoms with Crippen molar-refractivity contribution in [2.24, 2.45) is 11.8 Å². The van der Waals surface area contributed by atoms with Gasteiger partial charge in [-0.15, -0.1) is 0 Å². The molecule has 0 saturated carbocycles. The Morgan fingerprint density at radius 3 is 0.923 bits per heavy atom. The summed E-state index contributed by atoms with van der Waals surface area (Å²) in [5.74, 6) is 1.67. The highest BCUT2D eigenvalue weighted by Gasteiger charge is 2.16. The smallest absolute Gasteiger partial charge is 0.0877 e. The standard InChI is InChI=1S/2C6H11N3.2C4H10/c2*1-6(2,3)5-4-7-9-8-5;2*1-4(2)3/h2*4H,1-3H3,(H,7,8,9);2*4H,1-3H3. The van der Waals surface area contributed by atoms with Crippen LogP contribution in [0, 0.1) is 11.8 Å². The number of H-pyrrole nitrogens is 2. The van der Waals surface area contributed by atoms with E-state index in [0.717, 1.165) is 23.2 Å². The maximum atomic E-state index is 3.95. The fourth-order valence-corrected chi connectivity index (χ4v) is 1.13. The summed E-state index contributed by atoms with van der Waals surface area (Å²) in [7, 11) is 0. The first-order chi connectivity index (χ1) is 11.7. The van der Waals surface area contributed by atoms with Gasteiger partial charge in [0.15, 0.2) is 0 Å². The molecule has 2 N–H and O–H groups in total. The molecule has 6 heteroatoms. The van der Waals surface area contributed by atoms with Crippen LogP contribution in [0.15, 0.2) is 12.4 Å². The Labute approximate surface area is 161 Å². The first-order valence-corrected chi connectivity index (χ1v) is 9.40. The molecule has 0 atom stereocenters. The summed E-state index contributed by atoms with van der Waals surface area (Å²) < 4.78 is 0. The van der Waals surface area contributed by atoms with E-state index in [-0.39, 0.29) is 10.8 Å². The SMILES string of the molecule is CC(C)(C)c1cn[nH]n1.CC(C)(C)c1cn[nH]n1.CC(C)C.CC(C)C. The number of hydrogen-bond donors (Lipinski definition) is 2. The van der Waals surface area contributed by atoms with Crippen LogP contribution in [-0.2, 0) is 10.8 Å². The van der Waals surface area contributed by atoms with E-state index in [1.54, 1.807) is 12.4 Å². The maximum Gasteiger partial charge on any atom is 0.0877 e.